The van der Waals surface area contributed by atoms with E-state index in [0.29, 0.717) is 5.57 Å². The van der Waals surface area contributed by atoms with Gasteiger partial charge in [0.1, 0.15) is 0 Å². The second-order valence-corrected chi connectivity index (χ2v) is 2.46. The van der Waals surface area contributed by atoms with Crippen LogP contribution >= 0.6 is 0 Å². The fourth-order valence-corrected chi connectivity index (χ4v) is 0.934. The summed E-state index contributed by atoms with van der Waals surface area (Å²) in [6.07, 6.45) is 1.01. The molecule has 0 saturated heterocycles. The second kappa shape index (κ2) is 3.67. The molecule has 3 nitrogen and oxygen atoms in total. The van der Waals surface area contributed by atoms with Crippen molar-refractivity contribution in [3.63, 3.8) is 0 Å². The van der Waals surface area contributed by atoms with Crippen molar-refractivity contribution in [2.24, 2.45) is 0 Å². The van der Waals surface area contributed by atoms with Gasteiger partial charge < -0.3 is 0 Å². The van der Waals surface area contributed by atoms with Crippen LogP contribution < -0.4 is 0 Å². The quantitative estimate of drug-likeness (QED) is 0.496. The molecule has 0 heterocycles. The summed E-state index contributed by atoms with van der Waals surface area (Å²) in [4.78, 5) is 9.67. The van der Waals surface area contributed by atoms with Crippen LogP contribution in [-0.4, -0.2) is 4.92 Å². The van der Waals surface area contributed by atoms with E-state index in [9.17, 15) is 10.1 Å². The summed E-state index contributed by atoms with van der Waals surface area (Å²) in [5.41, 5.74) is 1.55. The van der Waals surface area contributed by atoms with Gasteiger partial charge in [0.05, 0.1) is 4.92 Å². The normalized spacial score (nSPS) is 11.2. The molecule has 0 bridgehead atoms. The fourth-order valence-electron chi connectivity index (χ4n) is 0.934. The van der Waals surface area contributed by atoms with Crippen molar-refractivity contribution < 1.29 is 4.92 Å². The van der Waals surface area contributed by atoms with Crippen LogP contribution in [0.25, 0.3) is 5.57 Å². The van der Waals surface area contributed by atoms with Crippen molar-refractivity contribution in [2.45, 2.75) is 6.92 Å². The first kappa shape index (κ1) is 8.46. The monoisotopic (exact) mass is 163 g/mol. The predicted octanol–water partition coefficient (Wildman–Crippen LogP) is 2.32. The maximum absolute atomic E-state index is 10.1. The Morgan fingerprint density at radius 1 is 1.42 bits per heavy atom. The van der Waals surface area contributed by atoms with Crippen LogP contribution in [0, 0.1) is 10.1 Å². The summed E-state index contributed by atoms with van der Waals surface area (Å²) >= 11 is 0. The lowest BCUT2D eigenvalue weighted by Gasteiger charge is -1.95. The Morgan fingerprint density at radius 3 is 2.50 bits per heavy atom. The molecule has 62 valence electrons. The number of benzene rings is 1. The number of rotatable bonds is 2. The smallest absolute Gasteiger partial charge is 0.237 e. The SMILES string of the molecule is C/C(=C/[N+](=O)[O-])c1ccccc1. The van der Waals surface area contributed by atoms with E-state index in [0.717, 1.165) is 11.8 Å². The first-order valence-corrected chi connectivity index (χ1v) is 3.57. The fraction of sp³-hybridized carbons (Fsp3) is 0.111. The van der Waals surface area contributed by atoms with Crippen LogP contribution in [0.5, 0.6) is 0 Å². The van der Waals surface area contributed by atoms with Crippen molar-refractivity contribution in [1.29, 1.82) is 0 Å². The standard InChI is InChI=1S/C9H9NO2/c1-8(7-10(11)12)9-5-3-2-4-6-9/h2-7H,1H3/b8-7-. The molecule has 0 amide bonds. The maximum Gasteiger partial charge on any atom is 0.237 e. The van der Waals surface area contributed by atoms with Crippen LogP contribution in [0.2, 0.25) is 0 Å². The van der Waals surface area contributed by atoms with Crippen LogP contribution in [0.4, 0.5) is 0 Å². The third-order valence-corrected chi connectivity index (χ3v) is 1.53. The van der Waals surface area contributed by atoms with Gasteiger partial charge in [-0.2, -0.15) is 0 Å². The Labute approximate surface area is 70.5 Å². The molecule has 0 unspecified atom stereocenters. The molecule has 0 N–H and O–H groups in total. The van der Waals surface area contributed by atoms with Crippen LogP contribution in [0.3, 0.4) is 0 Å². The lowest BCUT2D eigenvalue weighted by molar-refractivity contribution is -0.401. The zero-order valence-electron chi connectivity index (χ0n) is 6.73. The van der Waals surface area contributed by atoms with E-state index in [1.54, 1.807) is 6.92 Å². The minimum absolute atomic E-state index is 0.442. The van der Waals surface area contributed by atoms with Gasteiger partial charge in [-0.3, -0.25) is 10.1 Å². The zero-order valence-corrected chi connectivity index (χ0v) is 6.73. The van der Waals surface area contributed by atoms with Crippen molar-refractivity contribution >= 4 is 5.57 Å². The summed E-state index contributed by atoms with van der Waals surface area (Å²) < 4.78 is 0. The first-order chi connectivity index (χ1) is 5.70. The molecule has 1 aromatic rings. The van der Waals surface area contributed by atoms with E-state index in [-0.39, 0.29) is 0 Å². The molecular weight excluding hydrogens is 154 g/mol. The molecule has 0 aromatic heterocycles. The van der Waals surface area contributed by atoms with E-state index in [4.69, 9.17) is 0 Å². The number of allylic oxidation sites excluding steroid dienone is 1. The van der Waals surface area contributed by atoms with Crippen LogP contribution in [-0.2, 0) is 0 Å². The summed E-state index contributed by atoms with van der Waals surface area (Å²) in [5.74, 6) is 0. The third-order valence-electron chi connectivity index (χ3n) is 1.53. The molecule has 0 aliphatic carbocycles. The van der Waals surface area contributed by atoms with E-state index in [1.807, 2.05) is 30.3 Å². The van der Waals surface area contributed by atoms with E-state index < -0.39 is 4.92 Å². The molecule has 0 aliphatic heterocycles. The molecule has 12 heavy (non-hydrogen) atoms. The van der Waals surface area contributed by atoms with Gasteiger partial charge in [-0.1, -0.05) is 30.3 Å². The highest BCUT2D eigenvalue weighted by Gasteiger charge is 1.97. The molecule has 0 atom stereocenters. The van der Waals surface area contributed by atoms with Gasteiger partial charge >= 0.3 is 0 Å². The lowest BCUT2D eigenvalue weighted by Crippen LogP contribution is -1.87. The topological polar surface area (TPSA) is 43.1 Å². The summed E-state index contributed by atoms with van der Waals surface area (Å²) in [6.45, 7) is 1.72. The van der Waals surface area contributed by atoms with Gasteiger partial charge in [-0.05, 0) is 12.5 Å². The van der Waals surface area contributed by atoms with Crippen molar-refractivity contribution in [3.8, 4) is 0 Å². The zero-order chi connectivity index (χ0) is 8.97. The van der Waals surface area contributed by atoms with Crippen molar-refractivity contribution in [1.82, 2.24) is 0 Å². The maximum atomic E-state index is 10.1. The molecule has 0 fully saturated rings. The Morgan fingerprint density at radius 2 is 2.00 bits per heavy atom. The Hall–Kier alpha value is -1.64. The highest BCUT2D eigenvalue weighted by atomic mass is 16.6. The van der Waals surface area contributed by atoms with E-state index in [1.165, 1.54) is 0 Å². The van der Waals surface area contributed by atoms with Gasteiger partial charge in [0.2, 0.25) is 6.20 Å². The van der Waals surface area contributed by atoms with Crippen molar-refractivity contribution in [2.75, 3.05) is 0 Å². The largest absolute Gasteiger partial charge is 0.259 e. The summed E-state index contributed by atoms with van der Waals surface area (Å²) in [7, 11) is 0. The van der Waals surface area contributed by atoms with Gasteiger partial charge in [0.25, 0.3) is 0 Å². The first-order valence-electron chi connectivity index (χ1n) is 3.57. The Balaban J connectivity index is 2.93. The second-order valence-electron chi connectivity index (χ2n) is 2.46. The highest BCUT2D eigenvalue weighted by molar-refractivity contribution is 5.62. The summed E-state index contributed by atoms with van der Waals surface area (Å²) in [5, 5.41) is 10.1. The highest BCUT2D eigenvalue weighted by Crippen LogP contribution is 2.11. The van der Waals surface area contributed by atoms with Crippen molar-refractivity contribution in [3.05, 3.63) is 52.2 Å². The number of hydrogen-bond donors (Lipinski definition) is 0. The predicted molar refractivity (Wildman–Crippen MR) is 47.1 cm³/mol. The Bertz CT molecular complexity index is 304. The number of nitro groups is 1. The third kappa shape index (κ3) is 2.20. The minimum Gasteiger partial charge on any atom is -0.259 e. The van der Waals surface area contributed by atoms with Crippen LogP contribution in [0.15, 0.2) is 36.5 Å². The van der Waals surface area contributed by atoms with Gasteiger partial charge in [-0.15, -0.1) is 0 Å². The number of nitrogens with zero attached hydrogens (tertiary/aromatic N) is 1. The molecule has 0 radical (unpaired) electrons. The molecule has 0 saturated carbocycles. The van der Waals surface area contributed by atoms with Crippen LogP contribution in [0.1, 0.15) is 12.5 Å². The molecular formula is C9H9NO2. The lowest BCUT2D eigenvalue weighted by atomic mass is 10.1. The van der Waals surface area contributed by atoms with Gasteiger partial charge in [0.15, 0.2) is 0 Å². The van der Waals surface area contributed by atoms with Gasteiger partial charge in [-0.25, -0.2) is 0 Å². The molecule has 1 aromatic carbocycles. The van der Waals surface area contributed by atoms with E-state index in [2.05, 4.69) is 0 Å². The van der Waals surface area contributed by atoms with E-state index >= 15 is 0 Å². The molecule has 0 spiro atoms. The summed E-state index contributed by atoms with van der Waals surface area (Å²) in [6, 6.07) is 9.27. The average molecular weight is 163 g/mol. The number of hydrogen-bond acceptors (Lipinski definition) is 2. The Kier molecular flexibility index (Phi) is 2.58. The molecule has 1 rings (SSSR count). The molecule has 0 aliphatic rings. The minimum atomic E-state index is -0.442. The average Bonchev–Trinajstić information content (AvgIpc) is 2.05. The van der Waals surface area contributed by atoms with Gasteiger partial charge in [0, 0.05) is 5.57 Å². The molecule has 3 heteroatoms.